The summed E-state index contributed by atoms with van der Waals surface area (Å²) in [6.07, 6.45) is 5.45. The van der Waals surface area contributed by atoms with Crippen LogP contribution in [0.3, 0.4) is 0 Å². The molecular weight excluding hydrogens is 238 g/mol. The van der Waals surface area contributed by atoms with Crippen LogP contribution in [0.25, 0.3) is 0 Å². The number of sulfonamides is 1. The summed E-state index contributed by atoms with van der Waals surface area (Å²) < 4.78 is 25.0. The second kappa shape index (κ2) is 5.65. The largest absolute Gasteiger partial charge is 0.328 e. The highest BCUT2D eigenvalue weighted by molar-refractivity contribution is 7.88. The van der Waals surface area contributed by atoms with Gasteiger partial charge in [0.25, 0.3) is 0 Å². The van der Waals surface area contributed by atoms with Crippen molar-refractivity contribution in [1.82, 2.24) is 10.0 Å². The normalized spacial score (nSPS) is 27.1. The molecule has 1 rings (SSSR count). The lowest BCUT2D eigenvalue weighted by atomic mass is 9.91. The van der Waals surface area contributed by atoms with Gasteiger partial charge in [-0.25, -0.2) is 13.1 Å². The highest BCUT2D eigenvalue weighted by Gasteiger charge is 2.24. The number of nitrogens with one attached hydrogen (secondary N) is 2. The Morgan fingerprint density at radius 3 is 2.24 bits per heavy atom. The molecule has 0 atom stereocenters. The van der Waals surface area contributed by atoms with Gasteiger partial charge in [0.1, 0.15) is 0 Å². The molecule has 5 nitrogen and oxygen atoms in total. The lowest BCUT2D eigenvalue weighted by Crippen LogP contribution is -2.52. The summed E-state index contributed by atoms with van der Waals surface area (Å²) in [6, 6.07) is 0.811. The van der Waals surface area contributed by atoms with Crippen molar-refractivity contribution in [1.29, 1.82) is 0 Å². The van der Waals surface area contributed by atoms with E-state index in [1.807, 2.05) is 13.8 Å². The maximum absolute atomic E-state index is 11.2. The SMILES string of the molecule is CC(C)(CNC1CCC(N)CC1)NS(C)(=O)=O. The van der Waals surface area contributed by atoms with Crippen molar-refractivity contribution < 1.29 is 8.42 Å². The van der Waals surface area contributed by atoms with Crippen molar-refractivity contribution in [3.05, 3.63) is 0 Å². The van der Waals surface area contributed by atoms with Gasteiger partial charge >= 0.3 is 0 Å². The van der Waals surface area contributed by atoms with Crippen LogP contribution >= 0.6 is 0 Å². The molecule has 0 unspecified atom stereocenters. The van der Waals surface area contributed by atoms with Gasteiger partial charge in [-0.15, -0.1) is 0 Å². The van der Waals surface area contributed by atoms with Crippen LogP contribution in [0.2, 0.25) is 0 Å². The van der Waals surface area contributed by atoms with Gasteiger partial charge in [-0.05, 0) is 39.5 Å². The standard InChI is InChI=1S/C11H25N3O2S/c1-11(2,14-17(3,15)16)8-13-10-6-4-9(12)5-7-10/h9-10,13-14H,4-8,12H2,1-3H3. The fourth-order valence-electron chi connectivity index (χ4n) is 2.26. The molecule has 0 amide bonds. The second-order valence-electron chi connectivity index (χ2n) is 5.75. The molecule has 1 fully saturated rings. The third-order valence-electron chi connectivity index (χ3n) is 3.07. The molecule has 0 bridgehead atoms. The summed E-state index contributed by atoms with van der Waals surface area (Å²) >= 11 is 0. The van der Waals surface area contributed by atoms with Crippen molar-refractivity contribution in [2.24, 2.45) is 5.73 Å². The molecule has 102 valence electrons. The molecule has 0 saturated heterocycles. The molecule has 6 heteroatoms. The average molecular weight is 263 g/mol. The smallest absolute Gasteiger partial charge is 0.209 e. The topological polar surface area (TPSA) is 84.2 Å². The first kappa shape index (κ1) is 14.9. The molecule has 0 aliphatic heterocycles. The van der Waals surface area contributed by atoms with Gasteiger partial charge in [-0.1, -0.05) is 0 Å². The van der Waals surface area contributed by atoms with Gasteiger partial charge < -0.3 is 11.1 Å². The van der Waals surface area contributed by atoms with Crippen LogP contribution in [-0.2, 0) is 10.0 Å². The number of hydrogen-bond donors (Lipinski definition) is 3. The zero-order valence-corrected chi connectivity index (χ0v) is 11.8. The predicted molar refractivity (Wildman–Crippen MR) is 70.3 cm³/mol. The van der Waals surface area contributed by atoms with E-state index in [1.54, 1.807) is 0 Å². The summed E-state index contributed by atoms with van der Waals surface area (Å²) in [5, 5.41) is 3.42. The zero-order chi connectivity index (χ0) is 13.1. The van der Waals surface area contributed by atoms with Crippen LogP contribution in [0.4, 0.5) is 0 Å². The van der Waals surface area contributed by atoms with E-state index in [0.717, 1.165) is 25.7 Å². The van der Waals surface area contributed by atoms with Crippen molar-refractivity contribution in [3.8, 4) is 0 Å². The monoisotopic (exact) mass is 263 g/mol. The molecule has 0 heterocycles. The van der Waals surface area contributed by atoms with Gasteiger partial charge in [0.15, 0.2) is 0 Å². The number of hydrogen-bond acceptors (Lipinski definition) is 4. The van der Waals surface area contributed by atoms with E-state index in [1.165, 1.54) is 6.26 Å². The Morgan fingerprint density at radius 1 is 1.24 bits per heavy atom. The number of rotatable bonds is 5. The molecule has 0 aromatic rings. The van der Waals surface area contributed by atoms with Crippen molar-refractivity contribution in [3.63, 3.8) is 0 Å². The Balaban J connectivity index is 2.34. The van der Waals surface area contributed by atoms with Gasteiger partial charge in [-0.2, -0.15) is 0 Å². The molecule has 0 aromatic heterocycles. The minimum Gasteiger partial charge on any atom is -0.328 e. The van der Waals surface area contributed by atoms with Crippen LogP contribution in [0.1, 0.15) is 39.5 Å². The van der Waals surface area contributed by atoms with E-state index in [9.17, 15) is 8.42 Å². The van der Waals surface area contributed by atoms with E-state index in [2.05, 4.69) is 10.0 Å². The molecule has 17 heavy (non-hydrogen) atoms. The fraction of sp³-hybridized carbons (Fsp3) is 1.00. The summed E-state index contributed by atoms with van der Waals surface area (Å²) in [5.74, 6) is 0. The van der Waals surface area contributed by atoms with E-state index in [-0.39, 0.29) is 0 Å². The Kier molecular flexibility index (Phi) is 4.95. The van der Waals surface area contributed by atoms with Crippen molar-refractivity contribution >= 4 is 10.0 Å². The summed E-state index contributed by atoms with van der Waals surface area (Å²) in [5.41, 5.74) is 5.39. The second-order valence-corrected chi connectivity index (χ2v) is 7.50. The van der Waals surface area contributed by atoms with Crippen LogP contribution in [0.5, 0.6) is 0 Å². The van der Waals surface area contributed by atoms with Crippen LogP contribution in [0, 0.1) is 0 Å². The Morgan fingerprint density at radius 2 is 1.76 bits per heavy atom. The van der Waals surface area contributed by atoms with Gasteiger partial charge in [-0.3, -0.25) is 0 Å². The van der Waals surface area contributed by atoms with Crippen molar-refractivity contribution in [2.45, 2.75) is 57.2 Å². The first-order valence-electron chi connectivity index (χ1n) is 6.16. The minimum absolute atomic E-state index is 0.343. The molecule has 0 aromatic carbocycles. The van der Waals surface area contributed by atoms with Crippen LogP contribution < -0.4 is 15.8 Å². The third-order valence-corrected chi connectivity index (χ3v) is 3.99. The molecule has 1 saturated carbocycles. The van der Waals surface area contributed by atoms with Gasteiger partial charge in [0, 0.05) is 24.2 Å². The minimum atomic E-state index is -3.15. The lowest BCUT2D eigenvalue weighted by Gasteiger charge is -2.31. The quantitative estimate of drug-likeness (QED) is 0.660. The summed E-state index contributed by atoms with van der Waals surface area (Å²) in [4.78, 5) is 0. The lowest BCUT2D eigenvalue weighted by molar-refractivity contribution is 0.312. The Hall–Kier alpha value is -0.170. The van der Waals surface area contributed by atoms with Crippen molar-refractivity contribution in [2.75, 3.05) is 12.8 Å². The van der Waals surface area contributed by atoms with E-state index < -0.39 is 15.6 Å². The molecular formula is C11H25N3O2S. The molecule has 0 spiro atoms. The van der Waals surface area contributed by atoms with E-state index in [4.69, 9.17) is 5.73 Å². The summed E-state index contributed by atoms with van der Waals surface area (Å²) in [7, 11) is -3.15. The Bertz CT molecular complexity index is 333. The maximum Gasteiger partial charge on any atom is 0.209 e. The van der Waals surface area contributed by atoms with Gasteiger partial charge in [0.2, 0.25) is 10.0 Å². The molecule has 0 radical (unpaired) electrons. The maximum atomic E-state index is 11.2. The Labute approximate surface area is 105 Å². The molecule has 4 N–H and O–H groups in total. The molecule has 1 aliphatic rings. The van der Waals surface area contributed by atoms with E-state index >= 15 is 0 Å². The average Bonchev–Trinajstić information content (AvgIpc) is 2.13. The molecule has 1 aliphatic carbocycles. The summed E-state index contributed by atoms with van der Waals surface area (Å²) in [6.45, 7) is 4.41. The number of nitrogens with two attached hydrogens (primary N) is 1. The third kappa shape index (κ3) is 6.35. The van der Waals surface area contributed by atoms with Crippen LogP contribution in [0.15, 0.2) is 0 Å². The zero-order valence-electron chi connectivity index (χ0n) is 11.0. The van der Waals surface area contributed by atoms with Gasteiger partial charge in [0.05, 0.1) is 6.26 Å². The van der Waals surface area contributed by atoms with Crippen LogP contribution in [-0.4, -0.2) is 38.8 Å². The first-order chi connectivity index (χ1) is 7.68. The van der Waals surface area contributed by atoms with E-state index in [0.29, 0.717) is 18.6 Å². The predicted octanol–water partition coefficient (Wildman–Crippen LogP) is 0.174. The highest BCUT2D eigenvalue weighted by atomic mass is 32.2. The fourth-order valence-corrected chi connectivity index (χ4v) is 3.34. The highest BCUT2D eigenvalue weighted by Crippen LogP contribution is 2.17. The first-order valence-corrected chi connectivity index (χ1v) is 8.05.